The van der Waals surface area contributed by atoms with Crippen LogP contribution in [0.4, 0.5) is 0 Å². The number of hydrogen-bond acceptors (Lipinski definition) is 15. The van der Waals surface area contributed by atoms with Crippen molar-refractivity contribution >= 4 is 39.5 Å². The minimum Gasteiger partial charge on any atom is -0.462 e. The SMILES string of the molecule is CCCCC/C=C\C/C=C\C/C=C\C/C=C\C/C=C\CCC(=O)OC[C@H](COP(=O)(O)OC[C@@H](O)COP(=O)(O)OC[C@@H](COC(=O)CCC/C=C\C/C=C\C/C=C\C/C=C\CCCCC)OC(=O)CC/C=C\C/C=C\C/C=C\C/C=C\C/C=C\CCCCC)OC(=O)CCCCCCCCC/C=C\CCCCCC. The second-order valence-electron chi connectivity index (χ2n) is 27.3. The summed E-state index contributed by atoms with van der Waals surface area (Å²) in [5.74, 6) is -2.45. The van der Waals surface area contributed by atoms with E-state index in [4.69, 9.17) is 37.0 Å². The molecule has 0 aromatic carbocycles. The number of carbonyl (C=O) groups is 4. The van der Waals surface area contributed by atoms with Gasteiger partial charge in [0.1, 0.15) is 19.3 Å². The third-order valence-electron chi connectivity index (χ3n) is 16.8. The zero-order valence-electron chi connectivity index (χ0n) is 68.4. The van der Waals surface area contributed by atoms with Gasteiger partial charge in [-0.05, 0) is 167 Å². The van der Waals surface area contributed by atoms with E-state index in [9.17, 15) is 43.2 Å². The predicted octanol–water partition coefficient (Wildman–Crippen LogP) is 25.1. The summed E-state index contributed by atoms with van der Waals surface area (Å²) in [5, 5.41) is 10.7. The fraction of sp³-hybridized carbons (Fsp3) is 0.626. The van der Waals surface area contributed by atoms with Crippen molar-refractivity contribution in [3.05, 3.63) is 182 Å². The molecule has 17 nitrogen and oxygen atoms in total. The molecule has 0 aromatic rings. The van der Waals surface area contributed by atoms with Gasteiger partial charge in [0, 0.05) is 25.7 Å². The minimum absolute atomic E-state index is 0.0288. The van der Waals surface area contributed by atoms with Crippen LogP contribution < -0.4 is 0 Å². The van der Waals surface area contributed by atoms with Crippen molar-refractivity contribution in [1.29, 1.82) is 0 Å². The molecule has 0 radical (unpaired) electrons. The molecule has 624 valence electrons. The highest BCUT2D eigenvalue weighted by Gasteiger charge is 2.30. The van der Waals surface area contributed by atoms with E-state index in [0.29, 0.717) is 44.9 Å². The Morgan fingerprint density at radius 3 is 0.809 bits per heavy atom. The number of phosphoric acid groups is 2. The lowest BCUT2D eigenvalue weighted by Crippen LogP contribution is -2.30. The topological polar surface area (TPSA) is 237 Å². The molecule has 110 heavy (non-hydrogen) atoms. The highest BCUT2D eigenvalue weighted by atomic mass is 31.2. The van der Waals surface area contributed by atoms with Crippen LogP contribution in [0.3, 0.4) is 0 Å². The Morgan fingerprint density at radius 2 is 0.473 bits per heavy atom. The van der Waals surface area contributed by atoms with E-state index in [1.54, 1.807) is 0 Å². The van der Waals surface area contributed by atoms with Crippen LogP contribution in [0.25, 0.3) is 0 Å². The Hall–Kier alpha value is -5.84. The number of phosphoric ester groups is 2. The van der Waals surface area contributed by atoms with Crippen LogP contribution in [0.15, 0.2) is 182 Å². The fourth-order valence-corrected chi connectivity index (χ4v) is 12.0. The van der Waals surface area contributed by atoms with Gasteiger partial charge in [-0.15, -0.1) is 0 Å². The van der Waals surface area contributed by atoms with Gasteiger partial charge in [0.05, 0.1) is 26.4 Å². The Bertz CT molecular complexity index is 2800. The highest BCUT2D eigenvalue weighted by Crippen LogP contribution is 2.45. The standard InChI is InChI=1S/C91H148O17P2/c1-5-9-13-17-21-25-29-33-37-40-42-45-49-52-56-60-64-68-72-76-89(94)102-81-86(107-90(95)77-73-69-65-61-57-53-47-36-32-28-24-20-16-12-8-4)83-105-109(97,98)103-79-85(92)80-104-110(99,100)106-84-87(82-101-88(93)75-71-67-63-59-55-51-48-44-39-35-31-27-23-19-15-11-7-3)108-91(96)78-74-70-66-62-58-54-50-46-43-41-38-34-30-26-22-18-14-10-6-2/h21-23,25-28,32-35,37-39,42-43,45-46,48,51-52,54,56,58-59,63-64,66,68,70,85-87,92H,5-20,24,29-31,36,40-41,44,47,49-50,53,55,57,60-62,65,67,69,71-84H2,1-4H3,(H,97,98)(H,99,100)/b25-21-,26-22-,27-23-,32-28-,37-33-,38-34-,39-35-,45-42-,46-43-,51-48-,56-52-,58-54-,63-59-,68-64-,70-66-/t85-,86-,87-/m1/s1. The lowest BCUT2D eigenvalue weighted by Gasteiger charge is -2.21. The first kappa shape index (κ1) is 104. The molecule has 0 spiro atoms. The van der Waals surface area contributed by atoms with Crippen molar-refractivity contribution in [3.8, 4) is 0 Å². The first-order valence-corrected chi connectivity index (χ1v) is 45.0. The Balaban J connectivity index is 5.57. The number of unbranched alkanes of at least 4 members (excludes halogenated alkanes) is 21. The van der Waals surface area contributed by atoms with Crippen LogP contribution in [0, 0.1) is 0 Å². The van der Waals surface area contributed by atoms with E-state index in [-0.39, 0.29) is 25.7 Å². The average Bonchev–Trinajstić information content (AvgIpc) is 0.882. The first-order valence-electron chi connectivity index (χ1n) is 42.0. The molecule has 0 fully saturated rings. The largest absolute Gasteiger partial charge is 0.472 e. The maximum atomic E-state index is 13.1. The molecule has 19 heteroatoms. The van der Waals surface area contributed by atoms with E-state index >= 15 is 0 Å². The number of carbonyl (C=O) groups excluding carboxylic acids is 4. The number of esters is 4. The second kappa shape index (κ2) is 81.2. The summed E-state index contributed by atoms with van der Waals surface area (Å²) in [6, 6.07) is 0. The number of ether oxygens (including phenoxy) is 4. The average molecular weight is 1580 g/mol. The van der Waals surface area contributed by atoms with Crippen LogP contribution in [0.2, 0.25) is 0 Å². The smallest absolute Gasteiger partial charge is 0.462 e. The molecule has 2 unspecified atom stereocenters. The maximum absolute atomic E-state index is 13.1. The Morgan fingerprint density at radius 1 is 0.255 bits per heavy atom. The molecule has 5 atom stereocenters. The lowest BCUT2D eigenvalue weighted by atomic mass is 10.1. The molecule has 0 aliphatic carbocycles. The van der Waals surface area contributed by atoms with Gasteiger partial charge in [-0.25, -0.2) is 9.13 Å². The van der Waals surface area contributed by atoms with Gasteiger partial charge < -0.3 is 33.8 Å². The fourth-order valence-electron chi connectivity index (χ4n) is 10.4. The summed E-state index contributed by atoms with van der Waals surface area (Å²) in [6.45, 7) is 4.54. The molecule has 0 amide bonds. The second-order valence-corrected chi connectivity index (χ2v) is 30.3. The summed E-state index contributed by atoms with van der Waals surface area (Å²) in [7, 11) is -10.0. The van der Waals surface area contributed by atoms with Gasteiger partial charge in [-0.3, -0.25) is 37.3 Å². The lowest BCUT2D eigenvalue weighted by molar-refractivity contribution is -0.161. The van der Waals surface area contributed by atoms with Crippen LogP contribution in [0.5, 0.6) is 0 Å². The summed E-state index contributed by atoms with van der Waals surface area (Å²) < 4.78 is 68.5. The number of aliphatic hydroxyl groups is 1. The van der Waals surface area contributed by atoms with Crippen LogP contribution in [0.1, 0.15) is 310 Å². The van der Waals surface area contributed by atoms with Crippen molar-refractivity contribution < 1.29 is 80.2 Å². The van der Waals surface area contributed by atoms with Gasteiger partial charge in [-0.1, -0.05) is 300 Å². The minimum atomic E-state index is -5.03. The summed E-state index contributed by atoms with van der Waals surface area (Å²) in [4.78, 5) is 73.1. The zero-order chi connectivity index (χ0) is 80.3. The summed E-state index contributed by atoms with van der Waals surface area (Å²) in [5.41, 5.74) is 0. The first-order chi connectivity index (χ1) is 53.7. The van der Waals surface area contributed by atoms with E-state index < -0.39 is 97.5 Å². The molecule has 0 saturated heterocycles. The molecule has 0 rings (SSSR count). The molecule has 0 aromatic heterocycles. The summed E-state index contributed by atoms with van der Waals surface area (Å²) in [6.07, 6.45) is 99.0. The van der Waals surface area contributed by atoms with E-state index in [1.165, 1.54) is 83.5 Å². The quantitative estimate of drug-likeness (QED) is 0.0169. The van der Waals surface area contributed by atoms with E-state index in [0.717, 1.165) is 128 Å². The van der Waals surface area contributed by atoms with E-state index in [1.807, 2.05) is 48.6 Å². The molecular weight excluding hydrogens is 1430 g/mol. The number of rotatable bonds is 77. The van der Waals surface area contributed by atoms with Crippen molar-refractivity contribution in [3.63, 3.8) is 0 Å². The third kappa shape index (κ3) is 80.2. The zero-order valence-corrected chi connectivity index (χ0v) is 70.1. The Labute approximate surface area is 666 Å². The number of aliphatic hydroxyl groups excluding tert-OH is 1. The van der Waals surface area contributed by atoms with Gasteiger partial charge in [0.15, 0.2) is 12.2 Å². The van der Waals surface area contributed by atoms with Gasteiger partial charge in [0.25, 0.3) is 0 Å². The van der Waals surface area contributed by atoms with Crippen molar-refractivity contribution in [2.75, 3.05) is 39.6 Å². The van der Waals surface area contributed by atoms with Crippen LogP contribution >= 0.6 is 15.6 Å². The highest BCUT2D eigenvalue weighted by molar-refractivity contribution is 7.47. The van der Waals surface area contributed by atoms with Crippen LogP contribution in [-0.4, -0.2) is 96.7 Å². The summed E-state index contributed by atoms with van der Waals surface area (Å²) >= 11 is 0. The predicted molar refractivity (Wildman–Crippen MR) is 454 cm³/mol. The van der Waals surface area contributed by atoms with E-state index in [2.05, 4.69) is 161 Å². The van der Waals surface area contributed by atoms with Gasteiger partial charge in [0.2, 0.25) is 0 Å². The maximum Gasteiger partial charge on any atom is 0.472 e. The molecule has 0 aliphatic heterocycles. The van der Waals surface area contributed by atoms with Crippen molar-refractivity contribution in [1.82, 2.24) is 0 Å². The molecule has 0 heterocycles. The Kier molecular flexibility index (Phi) is 76.9. The number of hydrogen-bond donors (Lipinski definition) is 3. The molecule has 0 aliphatic rings. The van der Waals surface area contributed by atoms with Crippen molar-refractivity contribution in [2.24, 2.45) is 0 Å². The third-order valence-corrected chi connectivity index (χ3v) is 18.7. The normalized spacial score (nSPS) is 14.7. The molecule has 0 bridgehead atoms. The number of allylic oxidation sites excluding steroid dienone is 30. The van der Waals surface area contributed by atoms with Gasteiger partial charge >= 0.3 is 39.5 Å². The van der Waals surface area contributed by atoms with Crippen molar-refractivity contribution in [2.45, 2.75) is 329 Å². The molecule has 0 saturated carbocycles. The van der Waals surface area contributed by atoms with Crippen LogP contribution in [-0.2, 0) is 65.4 Å². The molecular formula is C91H148O17P2. The molecule has 3 N–H and O–H groups in total. The monoisotopic (exact) mass is 1580 g/mol. The van der Waals surface area contributed by atoms with Gasteiger partial charge in [-0.2, -0.15) is 0 Å².